The number of hydrogen-bond donors (Lipinski definition) is 2. The molecule has 3 amide bonds. The molecule has 0 aliphatic carbocycles. The Balaban J connectivity index is 1.47. The van der Waals surface area contributed by atoms with Crippen molar-refractivity contribution in [2.45, 2.75) is 12.8 Å². The average molecular weight is 338 g/mol. The van der Waals surface area contributed by atoms with Crippen molar-refractivity contribution >= 4 is 44.9 Å². The molecule has 1 fully saturated rings. The first-order valence-electron chi connectivity index (χ1n) is 6.75. The Hall–Kier alpha value is -2.07. The van der Waals surface area contributed by atoms with Gasteiger partial charge in [-0.3, -0.25) is 10.1 Å². The Kier molecular flexibility index (Phi) is 4.59. The second-order valence-corrected chi connectivity index (χ2v) is 6.49. The molecule has 116 valence electrons. The van der Waals surface area contributed by atoms with Crippen LogP contribution in [0.3, 0.4) is 0 Å². The first kappa shape index (κ1) is 14.9. The van der Waals surface area contributed by atoms with Gasteiger partial charge in [-0.1, -0.05) is 11.3 Å². The van der Waals surface area contributed by atoms with Gasteiger partial charge in [-0.25, -0.2) is 9.78 Å². The summed E-state index contributed by atoms with van der Waals surface area (Å²) in [6, 6.07) is -0.199. The minimum absolute atomic E-state index is 0.0286. The molecule has 22 heavy (non-hydrogen) atoms. The highest BCUT2D eigenvalue weighted by Crippen LogP contribution is 2.21. The number of amides is 3. The molecule has 8 nitrogen and oxygen atoms in total. The van der Waals surface area contributed by atoms with Crippen LogP contribution < -0.4 is 10.6 Å². The lowest BCUT2D eigenvalue weighted by Gasteiger charge is -2.30. The normalized spacial score (nSPS) is 15.5. The van der Waals surface area contributed by atoms with Crippen LogP contribution in [-0.2, 0) is 4.79 Å². The van der Waals surface area contributed by atoms with Crippen molar-refractivity contribution in [3.05, 3.63) is 17.1 Å². The lowest BCUT2D eigenvalue weighted by molar-refractivity contribution is -0.121. The van der Waals surface area contributed by atoms with Crippen molar-refractivity contribution in [1.29, 1.82) is 0 Å². The Morgan fingerprint density at radius 1 is 1.18 bits per heavy atom. The molecule has 1 saturated heterocycles. The van der Waals surface area contributed by atoms with E-state index < -0.39 is 0 Å². The molecule has 0 aromatic carbocycles. The van der Waals surface area contributed by atoms with Crippen LogP contribution in [0.4, 0.5) is 15.1 Å². The molecular formula is C12H14N6O2S2. The summed E-state index contributed by atoms with van der Waals surface area (Å²) in [5.41, 5.74) is 1.56. The Labute approximate surface area is 134 Å². The summed E-state index contributed by atoms with van der Waals surface area (Å²) in [7, 11) is 0. The van der Waals surface area contributed by atoms with Crippen molar-refractivity contribution in [2.75, 3.05) is 23.7 Å². The van der Waals surface area contributed by atoms with Crippen LogP contribution in [-0.4, -0.2) is 45.1 Å². The molecule has 0 spiro atoms. The maximum Gasteiger partial charge on any atom is 0.323 e. The number of nitrogens with one attached hydrogen (secondary N) is 2. The van der Waals surface area contributed by atoms with Crippen molar-refractivity contribution in [3.63, 3.8) is 0 Å². The number of aromatic nitrogens is 3. The van der Waals surface area contributed by atoms with Gasteiger partial charge in [0.05, 0.1) is 0 Å². The van der Waals surface area contributed by atoms with Crippen LogP contribution in [0.25, 0.3) is 0 Å². The highest BCUT2D eigenvalue weighted by atomic mass is 32.1. The fourth-order valence-corrected chi connectivity index (χ4v) is 3.20. The fraction of sp³-hybridized carbons (Fsp3) is 0.417. The Morgan fingerprint density at radius 3 is 2.64 bits per heavy atom. The van der Waals surface area contributed by atoms with Gasteiger partial charge < -0.3 is 10.2 Å². The van der Waals surface area contributed by atoms with E-state index in [0.717, 1.165) is 0 Å². The van der Waals surface area contributed by atoms with E-state index in [2.05, 4.69) is 25.8 Å². The summed E-state index contributed by atoms with van der Waals surface area (Å²) in [4.78, 5) is 29.9. The highest BCUT2D eigenvalue weighted by molar-refractivity contribution is 7.13. The van der Waals surface area contributed by atoms with Crippen molar-refractivity contribution in [2.24, 2.45) is 5.92 Å². The van der Waals surface area contributed by atoms with E-state index in [1.807, 2.05) is 5.38 Å². The molecule has 0 saturated carbocycles. The summed E-state index contributed by atoms with van der Waals surface area (Å²) >= 11 is 2.67. The van der Waals surface area contributed by atoms with Gasteiger partial charge in [0.1, 0.15) is 5.51 Å². The van der Waals surface area contributed by atoms with Gasteiger partial charge >= 0.3 is 6.03 Å². The third-order valence-corrected chi connectivity index (χ3v) is 4.68. The van der Waals surface area contributed by atoms with Gasteiger partial charge in [0.2, 0.25) is 11.0 Å². The van der Waals surface area contributed by atoms with Crippen molar-refractivity contribution in [3.8, 4) is 0 Å². The predicted molar refractivity (Wildman–Crippen MR) is 84.0 cm³/mol. The monoisotopic (exact) mass is 338 g/mol. The molecule has 0 atom stereocenters. The Morgan fingerprint density at radius 2 is 2.00 bits per heavy atom. The molecule has 2 aromatic rings. The number of likely N-dealkylation sites (tertiary alicyclic amines) is 1. The van der Waals surface area contributed by atoms with Crippen LogP contribution in [0.5, 0.6) is 0 Å². The smallest absolute Gasteiger partial charge is 0.323 e. The zero-order valence-corrected chi connectivity index (χ0v) is 13.2. The zero-order chi connectivity index (χ0) is 15.4. The van der Waals surface area contributed by atoms with Gasteiger partial charge in [0.25, 0.3) is 0 Å². The number of anilines is 2. The molecule has 1 aliphatic rings. The SMILES string of the molecule is O=C(Nc1nccs1)C1CCN(C(=O)Nc2nncs2)CC1. The molecule has 3 heterocycles. The molecule has 2 aromatic heterocycles. The van der Waals surface area contributed by atoms with Crippen LogP contribution >= 0.6 is 22.7 Å². The molecule has 0 radical (unpaired) electrons. The maximum absolute atomic E-state index is 12.1. The third kappa shape index (κ3) is 3.57. The standard InChI is InChI=1S/C12H14N6O2S2/c19-9(15-10-13-3-6-21-10)8-1-4-18(5-2-8)12(20)16-11-17-14-7-22-11/h3,6-8H,1-2,4-5H2,(H,13,15,19)(H,16,17,20). The second-order valence-electron chi connectivity index (χ2n) is 4.76. The molecule has 10 heteroatoms. The summed E-state index contributed by atoms with van der Waals surface area (Å²) < 4.78 is 0. The summed E-state index contributed by atoms with van der Waals surface area (Å²) in [5, 5.41) is 15.9. The van der Waals surface area contributed by atoms with Gasteiger partial charge in [0.15, 0.2) is 5.13 Å². The van der Waals surface area contributed by atoms with Crippen LogP contribution in [0.2, 0.25) is 0 Å². The lowest BCUT2D eigenvalue weighted by atomic mass is 9.96. The number of urea groups is 1. The van der Waals surface area contributed by atoms with E-state index in [-0.39, 0.29) is 17.9 Å². The van der Waals surface area contributed by atoms with E-state index in [1.54, 1.807) is 16.6 Å². The van der Waals surface area contributed by atoms with E-state index in [0.29, 0.717) is 36.2 Å². The van der Waals surface area contributed by atoms with Gasteiger partial charge in [-0.05, 0) is 12.8 Å². The van der Waals surface area contributed by atoms with E-state index in [1.165, 1.54) is 22.7 Å². The largest absolute Gasteiger partial charge is 0.324 e. The topological polar surface area (TPSA) is 100 Å². The van der Waals surface area contributed by atoms with Crippen LogP contribution in [0.15, 0.2) is 17.1 Å². The molecule has 1 aliphatic heterocycles. The summed E-state index contributed by atoms with van der Waals surface area (Å²) in [6.07, 6.45) is 2.93. The van der Waals surface area contributed by atoms with Gasteiger partial charge in [-0.15, -0.1) is 21.5 Å². The molecular weight excluding hydrogens is 324 g/mol. The number of thiazole rings is 1. The van der Waals surface area contributed by atoms with Crippen molar-refractivity contribution < 1.29 is 9.59 Å². The predicted octanol–water partition coefficient (Wildman–Crippen LogP) is 1.88. The van der Waals surface area contributed by atoms with E-state index in [4.69, 9.17) is 0 Å². The minimum atomic E-state index is -0.199. The van der Waals surface area contributed by atoms with Crippen molar-refractivity contribution in [1.82, 2.24) is 20.1 Å². The quantitative estimate of drug-likeness (QED) is 0.890. The average Bonchev–Trinajstić information content (AvgIpc) is 3.21. The lowest BCUT2D eigenvalue weighted by Crippen LogP contribution is -2.43. The Bertz CT molecular complexity index is 566. The number of carbonyl (C=O) groups excluding carboxylic acids is 2. The zero-order valence-electron chi connectivity index (χ0n) is 11.6. The summed E-state index contributed by atoms with van der Waals surface area (Å²) in [6.45, 7) is 1.08. The van der Waals surface area contributed by atoms with Gasteiger partial charge in [-0.2, -0.15) is 0 Å². The fourth-order valence-electron chi connectivity index (χ4n) is 2.24. The van der Waals surface area contributed by atoms with Crippen LogP contribution in [0.1, 0.15) is 12.8 Å². The third-order valence-electron chi connectivity index (χ3n) is 3.39. The van der Waals surface area contributed by atoms with Crippen LogP contribution in [0, 0.1) is 5.92 Å². The van der Waals surface area contributed by atoms with E-state index in [9.17, 15) is 9.59 Å². The molecule has 0 unspecified atom stereocenters. The van der Waals surface area contributed by atoms with Gasteiger partial charge in [0, 0.05) is 30.6 Å². The second kappa shape index (κ2) is 6.79. The first-order chi connectivity index (χ1) is 10.7. The number of nitrogens with zero attached hydrogens (tertiary/aromatic N) is 4. The molecule has 0 bridgehead atoms. The minimum Gasteiger partial charge on any atom is -0.324 e. The number of carbonyl (C=O) groups is 2. The maximum atomic E-state index is 12.1. The first-order valence-corrected chi connectivity index (χ1v) is 8.51. The van der Waals surface area contributed by atoms with E-state index >= 15 is 0 Å². The highest BCUT2D eigenvalue weighted by Gasteiger charge is 2.28. The number of hydrogen-bond acceptors (Lipinski definition) is 7. The number of rotatable bonds is 3. The number of piperidine rings is 1. The summed E-state index contributed by atoms with van der Waals surface area (Å²) in [5.74, 6) is -0.117. The molecule has 2 N–H and O–H groups in total. The molecule has 3 rings (SSSR count).